The standard InChI is InChI=1S/C16H19BrClNS/c1-3-10(2)14(11-7-5-4-6-8-11)15(19)13-9-12(17)16(18)20-13/h4-10,14-15H,3,19H2,1-2H3. The Hall–Kier alpha value is -0.350. The summed E-state index contributed by atoms with van der Waals surface area (Å²) in [6.07, 6.45) is 1.10. The van der Waals surface area contributed by atoms with E-state index in [0.717, 1.165) is 20.1 Å². The van der Waals surface area contributed by atoms with Crippen LogP contribution in [0.2, 0.25) is 4.34 Å². The lowest BCUT2D eigenvalue weighted by molar-refractivity contribution is 0.391. The molecule has 1 aromatic heterocycles. The van der Waals surface area contributed by atoms with Crippen LogP contribution >= 0.6 is 38.9 Å². The SMILES string of the molecule is CCC(C)C(c1ccccc1)C(N)c1cc(Br)c(Cl)s1. The molecule has 0 saturated carbocycles. The Balaban J connectivity index is 2.36. The van der Waals surface area contributed by atoms with Gasteiger partial charge in [-0.2, -0.15) is 0 Å². The summed E-state index contributed by atoms with van der Waals surface area (Å²) >= 11 is 11.2. The molecule has 4 heteroatoms. The molecule has 1 nitrogen and oxygen atoms in total. The van der Waals surface area contributed by atoms with E-state index in [1.165, 1.54) is 5.56 Å². The summed E-state index contributed by atoms with van der Waals surface area (Å²) < 4.78 is 1.71. The first kappa shape index (κ1) is 16.0. The molecule has 20 heavy (non-hydrogen) atoms. The van der Waals surface area contributed by atoms with Crippen LogP contribution in [0.15, 0.2) is 40.9 Å². The molecule has 1 aromatic carbocycles. The zero-order valence-corrected chi connectivity index (χ0v) is 14.8. The Morgan fingerprint density at radius 1 is 1.30 bits per heavy atom. The maximum absolute atomic E-state index is 6.56. The number of nitrogens with two attached hydrogens (primary N) is 1. The molecular formula is C16H19BrClNS. The van der Waals surface area contributed by atoms with Crippen LogP contribution in [0.25, 0.3) is 0 Å². The molecule has 0 fully saturated rings. The molecule has 2 aromatic rings. The molecule has 0 saturated heterocycles. The topological polar surface area (TPSA) is 26.0 Å². The molecule has 2 rings (SSSR count). The van der Waals surface area contributed by atoms with Crippen molar-refractivity contribution >= 4 is 38.9 Å². The summed E-state index contributed by atoms with van der Waals surface area (Å²) in [6.45, 7) is 4.48. The second-order valence-corrected chi connectivity index (χ2v) is 7.66. The average molecular weight is 373 g/mol. The molecule has 2 N–H and O–H groups in total. The highest BCUT2D eigenvalue weighted by Gasteiger charge is 2.27. The fourth-order valence-electron chi connectivity index (χ4n) is 2.52. The monoisotopic (exact) mass is 371 g/mol. The minimum atomic E-state index is -0.0267. The lowest BCUT2D eigenvalue weighted by atomic mass is 9.80. The maximum atomic E-state index is 6.56. The van der Waals surface area contributed by atoms with Gasteiger partial charge in [-0.15, -0.1) is 11.3 Å². The van der Waals surface area contributed by atoms with E-state index < -0.39 is 0 Å². The predicted molar refractivity (Wildman–Crippen MR) is 92.6 cm³/mol. The van der Waals surface area contributed by atoms with Gasteiger partial charge in [-0.05, 0) is 33.5 Å². The van der Waals surface area contributed by atoms with E-state index in [1.54, 1.807) is 11.3 Å². The van der Waals surface area contributed by atoms with E-state index in [1.807, 2.05) is 6.07 Å². The molecule has 3 unspecified atom stereocenters. The molecule has 0 aliphatic carbocycles. The lowest BCUT2D eigenvalue weighted by Gasteiger charge is -2.29. The molecule has 0 spiro atoms. The van der Waals surface area contributed by atoms with Gasteiger partial charge in [0.1, 0.15) is 4.34 Å². The summed E-state index contributed by atoms with van der Waals surface area (Å²) in [7, 11) is 0. The van der Waals surface area contributed by atoms with Crippen molar-refractivity contribution in [3.05, 3.63) is 55.6 Å². The van der Waals surface area contributed by atoms with E-state index in [2.05, 4.69) is 60.1 Å². The fourth-order valence-corrected chi connectivity index (χ4v) is 4.31. The Bertz CT molecular complexity index is 535. The van der Waals surface area contributed by atoms with Crippen LogP contribution in [0, 0.1) is 5.92 Å². The minimum absolute atomic E-state index is 0.0267. The number of thiophene rings is 1. The Morgan fingerprint density at radius 2 is 1.95 bits per heavy atom. The zero-order valence-electron chi connectivity index (χ0n) is 11.6. The van der Waals surface area contributed by atoms with Crippen molar-refractivity contribution < 1.29 is 0 Å². The molecule has 0 aliphatic heterocycles. The number of benzene rings is 1. The summed E-state index contributed by atoms with van der Waals surface area (Å²) in [5.74, 6) is 0.829. The van der Waals surface area contributed by atoms with Crippen LogP contribution in [0.3, 0.4) is 0 Å². The Morgan fingerprint density at radius 3 is 2.45 bits per heavy atom. The molecule has 0 bridgehead atoms. The smallest absolute Gasteiger partial charge is 0.107 e. The Labute approximate surface area is 138 Å². The van der Waals surface area contributed by atoms with Gasteiger partial charge in [-0.25, -0.2) is 0 Å². The molecular weight excluding hydrogens is 354 g/mol. The van der Waals surface area contributed by atoms with Gasteiger partial charge in [-0.3, -0.25) is 0 Å². The van der Waals surface area contributed by atoms with Crippen LogP contribution in [-0.4, -0.2) is 0 Å². The summed E-state index contributed by atoms with van der Waals surface area (Å²) in [4.78, 5) is 1.14. The average Bonchev–Trinajstić information content (AvgIpc) is 2.80. The first-order valence-corrected chi connectivity index (χ1v) is 8.78. The third-order valence-electron chi connectivity index (χ3n) is 3.82. The van der Waals surface area contributed by atoms with E-state index in [9.17, 15) is 0 Å². The van der Waals surface area contributed by atoms with Crippen molar-refractivity contribution in [2.45, 2.75) is 32.2 Å². The minimum Gasteiger partial charge on any atom is -0.323 e. The van der Waals surface area contributed by atoms with Gasteiger partial charge in [0.2, 0.25) is 0 Å². The van der Waals surface area contributed by atoms with Gasteiger partial charge in [0.15, 0.2) is 0 Å². The highest BCUT2D eigenvalue weighted by Crippen LogP contribution is 2.42. The molecule has 0 amide bonds. The molecule has 108 valence electrons. The second-order valence-electron chi connectivity index (χ2n) is 5.12. The van der Waals surface area contributed by atoms with Gasteiger partial charge in [-0.1, -0.05) is 62.2 Å². The first-order valence-electron chi connectivity index (χ1n) is 6.79. The van der Waals surface area contributed by atoms with Crippen LogP contribution in [0.4, 0.5) is 0 Å². The van der Waals surface area contributed by atoms with Gasteiger partial charge in [0, 0.05) is 21.3 Å². The highest BCUT2D eigenvalue weighted by atomic mass is 79.9. The molecule has 0 aliphatic rings. The van der Waals surface area contributed by atoms with Gasteiger partial charge in [0.25, 0.3) is 0 Å². The summed E-state index contributed by atoms with van der Waals surface area (Å²) in [5, 5.41) is 0. The van der Waals surface area contributed by atoms with Gasteiger partial charge >= 0.3 is 0 Å². The van der Waals surface area contributed by atoms with Gasteiger partial charge in [0.05, 0.1) is 0 Å². The van der Waals surface area contributed by atoms with Crippen LogP contribution in [0.1, 0.15) is 42.7 Å². The van der Waals surface area contributed by atoms with Crippen LogP contribution in [-0.2, 0) is 0 Å². The fraction of sp³-hybridized carbons (Fsp3) is 0.375. The lowest BCUT2D eigenvalue weighted by Crippen LogP contribution is -2.24. The van der Waals surface area contributed by atoms with Crippen molar-refractivity contribution in [3.8, 4) is 0 Å². The van der Waals surface area contributed by atoms with E-state index in [4.69, 9.17) is 17.3 Å². The maximum Gasteiger partial charge on any atom is 0.107 e. The van der Waals surface area contributed by atoms with Crippen molar-refractivity contribution in [2.75, 3.05) is 0 Å². The van der Waals surface area contributed by atoms with Crippen LogP contribution in [0.5, 0.6) is 0 Å². The number of hydrogen-bond acceptors (Lipinski definition) is 2. The third-order valence-corrected chi connectivity index (χ3v) is 6.40. The predicted octanol–water partition coefficient (Wildman–Crippen LogP) is 5.99. The second kappa shape index (κ2) is 7.08. The largest absolute Gasteiger partial charge is 0.323 e. The van der Waals surface area contributed by atoms with E-state index in [-0.39, 0.29) is 6.04 Å². The van der Waals surface area contributed by atoms with Crippen molar-refractivity contribution in [1.29, 1.82) is 0 Å². The summed E-state index contributed by atoms with van der Waals surface area (Å²) in [5.41, 5.74) is 7.86. The normalized spacial score (nSPS) is 15.8. The quantitative estimate of drug-likeness (QED) is 0.685. The molecule has 0 radical (unpaired) electrons. The van der Waals surface area contributed by atoms with Crippen molar-refractivity contribution in [1.82, 2.24) is 0 Å². The van der Waals surface area contributed by atoms with Gasteiger partial charge < -0.3 is 5.73 Å². The van der Waals surface area contributed by atoms with E-state index in [0.29, 0.717) is 11.8 Å². The Kier molecular flexibility index (Phi) is 5.67. The summed E-state index contributed by atoms with van der Waals surface area (Å²) in [6, 6.07) is 12.6. The highest BCUT2D eigenvalue weighted by molar-refractivity contribution is 9.10. The molecule has 1 heterocycles. The zero-order chi connectivity index (χ0) is 14.7. The first-order chi connectivity index (χ1) is 9.54. The number of halogens is 2. The van der Waals surface area contributed by atoms with E-state index >= 15 is 0 Å². The third kappa shape index (κ3) is 3.45. The van der Waals surface area contributed by atoms with Crippen molar-refractivity contribution in [2.24, 2.45) is 11.7 Å². The number of hydrogen-bond donors (Lipinski definition) is 1. The van der Waals surface area contributed by atoms with Crippen molar-refractivity contribution in [3.63, 3.8) is 0 Å². The van der Waals surface area contributed by atoms with Crippen LogP contribution < -0.4 is 5.73 Å². The molecule has 3 atom stereocenters. The number of rotatable bonds is 5.